The molecule has 0 atom stereocenters. The highest BCUT2D eigenvalue weighted by Gasteiger charge is 2.31. The van der Waals surface area contributed by atoms with Crippen molar-refractivity contribution in [1.82, 2.24) is 0 Å². The van der Waals surface area contributed by atoms with Crippen LogP contribution in [0, 0.1) is 5.92 Å². The van der Waals surface area contributed by atoms with Crippen LogP contribution in [0.3, 0.4) is 0 Å². The van der Waals surface area contributed by atoms with Crippen LogP contribution in [0.5, 0.6) is 5.75 Å². The number of halogens is 4. The molecule has 0 aliphatic rings. The summed E-state index contributed by atoms with van der Waals surface area (Å²) in [5.74, 6) is 0.491. The standard InChI is InChI=1S/C11H12BrF3O/c1-7(2)6-16-10-5-8(11(13,14)15)3-4-9(10)12/h3-5,7H,6H2,1-2H3. The molecule has 0 aliphatic heterocycles. The highest BCUT2D eigenvalue weighted by molar-refractivity contribution is 9.10. The molecule has 0 aliphatic carbocycles. The van der Waals surface area contributed by atoms with Crippen molar-refractivity contribution < 1.29 is 17.9 Å². The molecular formula is C11H12BrF3O. The Bertz CT molecular complexity index is 361. The Morgan fingerprint density at radius 3 is 2.44 bits per heavy atom. The first-order chi connectivity index (χ1) is 7.30. The topological polar surface area (TPSA) is 9.23 Å². The van der Waals surface area contributed by atoms with E-state index in [4.69, 9.17) is 4.74 Å². The Balaban J connectivity index is 2.91. The van der Waals surface area contributed by atoms with Crippen molar-refractivity contribution in [2.75, 3.05) is 6.61 Å². The van der Waals surface area contributed by atoms with Gasteiger partial charge in [-0.05, 0) is 40.0 Å². The molecule has 1 aromatic carbocycles. The van der Waals surface area contributed by atoms with Gasteiger partial charge < -0.3 is 4.74 Å². The Morgan fingerprint density at radius 2 is 1.94 bits per heavy atom. The Kier molecular flexibility index (Phi) is 4.24. The number of alkyl halides is 3. The van der Waals surface area contributed by atoms with E-state index in [1.165, 1.54) is 6.07 Å². The summed E-state index contributed by atoms with van der Waals surface area (Å²) in [7, 11) is 0. The largest absolute Gasteiger partial charge is 0.492 e. The van der Waals surface area contributed by atoms with E-state index in [1.807, 2.05) is 13.8 Å². The SMILES string of the molecule is CC(C)COc1cc(C(F)(F)F)ccc1Br. The monoisotopic (exact) mass is 296 g/mol. The summed E-state index contributed by atoms with van der Waals surface area (Å²) in [6.45, 7) is 4.25. The van der Waals surface area contributed by atoms with Crippen LogP contribution in [-0.4, -0.2) is 6.61 Å². The third-order valence-corrected chi connectivity index (χ3v) is 2.49. The second-order valence-electron chi connectivity index (χ2n) is 3.85. The maximum Gasteiger partial charge on any atom is 0.416 e. The first kappa shape index (κ1) is 13.4. The number of ether oxygens (including phenoxy) is 1. The molecule has 5 heteroatoms. The van der Waals surface area contributed by atoms with E-state index in [0.717, 1.165) is 12.1 Å². The molecule has 0 heterocycles. The second-order valence-corrected chi connectivity index (χ2v) is 4.70. The van der Waals surface area contributed by atoms with Crippen LogP contribution in [0.25, 0.3) is 0 Å². The summed E-state index contributed by atoms with van der Waals surface area (Å²) in [5.41, 5.74) is -0.700. The van der Waals surface area contributed by atoms with E-state index in [9.17, 15) is 13.2 Å². The number of rotatable bonds is 3. The molecule has 0 aromatic heterocycles. The van der Waals surface area contributed by atoms with Crippen molar-refractivity contribution in [3.8, 4) is 5.75 Å². The summed E-state index contributed by atoms with van der Waals surface area (Å²) in [5, 5.41) is 0. The lowest BCUT2D eigenvalue weighted by Gasteiger charge is -2.13. The van der Waals surface area contributed by atoms with E-state index >= 15 is 0 Å². The maximum atomic E-state index is 12.4. The molecule has 0 saturated heterocycles. The molecule has 0 unspecified atom stereocenters. The zero-order valence-electron chi connectivity index (χ0n) is 8.94. The van der Waals surface area contributed by atoms with E-state index in [2.05, 4.69) is 15.9 Å². The summed E-state index contributed by atoms with van der Waals surface area (Å²) >= 11 is 3.15. The minimum Gasteiger partial charge on any atom is -0.492 e. The van der Waals surface area contributed by atoms with E-state index in [0.29, 0.717) is 11.1 Å². The number of hydrogen-bond donors (Lipinski definition) is 0. The van der Waals surface area contributed by atoms with Crippen molar-refractivity contribution in [1.29, 1.82) is 0 Å². The van der Waals surface area contributed by atoms with Gasteiger partial charge in [0.1, 0.15) is 5.75 Å². The molecule has 90 valence electrons. The maximum absolute atomic E-state index is 12.4. The summed E-state index contributed by atoms with van der Waals surface area (Å²) < 4.78 is 43.1. The predicted octanol–water partition coefficient (Wildman–Crippen LogP) is 4.50. The minimum atomic E-state index is -4.34. The first-order valence-corrected chi connectivity index (χ1v) is 5.59. The molecule has 0 spiro atoms. The van der Waals surface area contributed by atoms with Crippen LogP contribution in [-0.2, 0) is 6.18 Å². The zero-order chi connectivity index (χ0) is 12.3. The van der Waals surface area contributed by atoms with Gasteiger partial charge in [-0.2, -0.15) is 13.2 Å². The fourth-order valence-corrected chi connectivity index (χ4v) is 1.41. The summed E-state index contributed by atoms with van der Waals surface area (Å²) in [4.78, 5) is 0. The van der Waals surface area contributed by atoms with Gasteiger partial charge in [-0.15, -0.1) is 0 Å². The molecule has 0 saturated carbocycles. The van der Waals surface area contributed by atoms with Gasteiger partial charge >= 0.3 is 6.18 Å². The average Bonchev–Trinajstić information content (AvgIpc) is 2.14. The van der Waals surface area contributed by atoms with Gasteiger partial charge in [0.05, 0.1) is 16.6 Å². The fourth-order valence-electron chi connectivity index (χ4n) is 1.05. The Morgan fingerprint density at radius 1 is 1.31 bits per heavy atom. The van der Waals surface area contributed by atoms with Gasteiger partial charge in [-0.3, -0.25) is 0 Å². The van der Waals surface area contributed by atoms with Crippen LogP contribution in [0.15, 0.2) is 22.7 Å². The smallest absolute Gasteiger partial charge is 0.416 e. The summed E-state index contributed by atoms with van der Waals surface area (Å²) in [6.07, 6.45) is -4.34. The van der Waals surface area contributed by atoms with Crippen LogP contribution in [0.1, 0.15) is 19.4 Å². The zero-order valence-corrected chi connectivity index (χ0v) is 10.5. The lowest BCUT2D eigenvalue weighted by molar-refractivity contribution is -0.137. The van der Waals surface area contributed by atoms with Gasteiger partial charge in [0.2, 0.25) is 0 Å². The van der Waals surface area contributed by atoms with Crippen LogP contribution >= 0.6 is 15.9 Å². The van der Waals surface area contributed by atoms with Gasteiger partial charge in [-0.25, -0.2) is 0 Å². The molecule has 0 amide bonds. The first-order valence-electron chi connectivity index (χ1n) is 4.80. The van der Waals surface area contributed by atoms with Crippen molar-refractivity contribution in [3.05, 3.63) is 28.2 Å². The number of hydrogen-bond acceptors (Lipinski definition) is 1. The molecule has 0 fully saturated rings. The van der Waals surface area contributed by atoms with Crippen molar-refractivity contribution in [3.63, 3.8) is 0 Å². The lowest BCUT2D eigenvalue weighted by atomic mass is 10.2. The molecule has 0 radical (unpaired) electrons. The van der Waals surface area contributed by atoms with Crippen LogP contribution in [0.2, 0.25) is 0 Å². The second kappa shape index (κ2) is 5.08. The van der Waals surface area contributed by atoms with Gasteiger partial charge in [0.25, 0.3) is 0 Å². The number of benzene rings is 1. The fraction of sp³-hybridized carbons (Fsp3) is 0.455. The van der Waals surface area contributed by atoms with Gasteiger partial charge in [-0.1, -0.05) is 13.8 Å². The normalized spacial score (nSPS) is 11.9. The van der Waals surface area contributed by atoms with Crippen molar-refractivity contribution in [2.24, 2.45) is 5.92 Å². The van der Waals surface area contributed by atoms with Crippen molar-refractivity contribution >= 4 is 15.9 Å². The molecule has 0 bridgehead atoms. The highest BCUT2D eigenvalue weighted by Crippen LogP contribution is 2.35. The van der Waals surface area contributed by atoms with E-state index in [-0.39, 0.29) is 11.7 Å². The average molecular weight is 297 g/mol. The Labute approximate surface area is 101 Å². The van der Waals surface area contributed by atoms with Crippen LogP contribution < -0.4 is 4.74 Å². The third-order valence-electron chi connectivity index (χ3n) is 1.83. The quantitative estimate of drug-likeness (QED) is 0.798. The van der Waals surface area contributed by atoms with Crippen LogP contribution in [0.4, 0.5) is 13.2 Å². The molecule has 1 aromatic rings. The minimum absolute atomic E-state index is 0.225. The molecule has 1 rings (SSSR count). The van der Waals surface area contributed by atoms with E-state index in [1.54, 1.807) is 0 Å². The third kappa shape index (κ3) is 3.70. The lowest BCUT2D eigenvalue weighted by Crippen LogP contribution is -2.08. The Hall–Kier alpha value is -0.710. The molecule has 0 N–H and O–H groups in total. The van der Waals surface area contributed by atoms with Gasteiger partial charge in [0.15, 0.2) is 0 Å². The van der Waals surface area contributed by atoms with Gasteiger partial charge in [0, 0.05) is 0 Å². The summed E-state index contributed by atoms with van der Waals surface area (Å²) in [6, 6.07) is 3.37. The predicted molar refractivity (Wildman–Crippen MR) is 59.5 cm³/mol. The highest BCUT2D eigenvalue weighted by atomic mass is 79.9. The molecule has 16 heavy (non-hydrogen) atoms. The van der Waals surface area contributed by atoms with Crippen molar-refractivity contribution in [2.45, 2.75) is 20.0 Å². The molecule has 1 nitrogen and oxygen atoms in total. The van der Waals surface area contributed by atoms with E-state index < -0.39 is 11.7 Å². The molecular weight excluding hydrogens is 285 g/mol.